The summed E-state index contributed by atoms with van der Waals surface area (Å²) in [6.45, 7) is 6.88. The summed E-state index contributed by atoms with van der Waals surface area (Å²) >= 11 is 0. The fourth-order valence-electron chi connectivity index (χ4n) is 5.65. The molecule has 3 aromatic rings. The summed E-state index contributed by atoms with van der Waals surface area (Å²) in [5, 5.41) is 9.68. The number of amides is 1. The highest BCUT2D eigenvalue weighted by atomic mass is 32.2. The molecule has 0 saturated carbocycles. The second-order valence-corrected chi connectivity index (χ2v) is 14.6. The van der Waals surface area contributed by atoms with E-state index in [1.165, 1.54) is 23.5 Å². The summed E-state index contributed by atoms with van der Waals surface area (Å²) in [5.74, 6) is -0.0588. The maximum Gasteiger partial charge on any atom is 0.257 e. The number of sulfonamides is 1. The maximum absolute atomic E-state index is 14.5. The van der Waals surface area contributed by atoms with Crippen LogP contribution in [-0.4, -0.2) is 82.2 Å². The second-order valence-electron chi connectivity index (χ2n) is 12.5. The fraction of sp³-hybridized carbons (Fsp3) is 0.459. The average Bonchev–Trinajstić information content (AvgIpc) is 3.09. The molecule has 4 atom stereocenters. The van der Waals surface area contributed by atoms with Crippen LogP contribution in [0.25, 0.3) is 0 Å². The first-order valence-corrected chi connectivity index (χ1v) is 17.9. The number of carbonyl (C=O) groups excluding carboxylic acids is 1. The van der Waals surface area contributed by atoms with Gasteiger partial charge in [-0.05, 0) is 93.3 Å². The van der Waals surface area contributed by atoms with Crippen molar-refractivity contribution in [1.82, 2.24) is 9.21 Å². The van der Waals surface area contributed by atoms with Gasteiger partial charge in [0.1, 0.15) is 17.3 Å². The van der Waals surface area contributed by atoms with E-state index in [0.717, 1.165) is 36.3 Å². The summed E-state index contributed by atoms with van der Waals surface area (Å²) < 4.78 is 65.6. The minimum absolute atomic E-state index is 0.0138. The van der Waals surface area contributed by atoms with Crippen molar-refractivity contribution in [2.24, 2.45) is 5.92 Å². The van der Waals surface area contributed by atoms with E-state index in [0.29, 0.717) is 30.9 Å². The van der Waals surface area contributed by atoms with Gasteiger partial charge in [-0.2, -0.15) is 9.57 Å². The minimum Gasteiger partial charge on any atom is -0.497 e. The van der Waals surface area contributed by atoms with E-state index in [4.69, 9.17) is 18.9 Å². The highest BCUT2D eigenvalue weighted by Gasteiger charge is 2.32. The van der Waals surface area contributed by atoms with Gasteiger partial charge >= 0.3 is 0 Å². The van der Waals surface area contributed by atoms with Crippen LogP contribution >= 0.6 is 0 Å². The Morgan fingerprint density at radius 3 is 2.47 bits per heavy atom. The molecule has 0 N–H and O–H groups in total. The van der Waals surface area contributed by atoms with Crippen molar-refractivity contribution < 1.29 is 36.6 Å². The van der Waals surface area contributed by atoms with Gasteiger partial charge in [0.2, 0.25) is 10.0 Å². The number of ether oxygens (including phenoxy) is 4. The van der Waals surface area contributed by atoms with E-state index >= 15 is 0 Å². The number of hydrogen-bond acceptors (Lipinski definition) is 8. The van der Waals surface area contributed by atoms with E-state index in [-0.39, 0.29) is 48.1 Å². The lowest BCUT2D eigenvalue weighted by Gasteiger charge is -2.36. The Morgan fingerprint density at radius 1 is 1.08 bits per heavy atom. The zero-order valence-corrected chi connectivity index (χ0v) is 29.6. The molecular formula is C37H46FN3O7S. The molecule has 0 aromatic heterocycles. The molecule has 12 heteroatoms. The van der Waals surface area contributed by atoms with Gasteiger partial charge in [0.15, 0.2) is 0 Å². The van der Waals surface area contributed by atoms with Crippen LogP contribution in [0.3, 0.4) is 0 Å². The van der Waals surface area contributed by atoms with Crippen LogP contribution in [0.5, 0.6) is 11.5 Å². The fourth-order valence-corrected chi connectivity index (χ4v) is 6.84. The zero-order valence-electron chi connectivity index (χ0n) is 28.8. The third kappa shape index (κ3) is 10.2. The molecule has 0 saturated heterocycles. The van der Waals surface area contributed by atoms with Crippen molar-refractivity contribution in [2.45, 2.75) is 69.8 Å². The van der Waals surface area contributed by atoms with E-state index < -0.39 is 28.0 Å². The van der Waals surface area contributed by atoms with Crippen molar-refractivity contribution in [1.29, 1.82) is 5.26 Å². The number of methoxy groups -OCH3 is 1. The Morgan fingerprint density at radius 2 is 1.80 bits per heavy atom. The van der Waals surface area contributed by atoms with Crippen LogP contribution in [-0.2, 0) is 26.1 Å². The van der Waals surface area contributed by atoms with E-state index in [1.54, 1.807) is 30.2 Å². The first-order valence-electron chi connectivity index (χ1n) is 16.5. The predicted octanol–water partition coefficient (Wildman–Crippen LogP) is 6.05. The van der Waals surface area contributed by atoms with Gasteiger partial charge in [0.05, 0.1) is 60.7 Å². The van der Waals surface area contributed by atoms with Crippen molar-refractivity contribution >= 4 is 15.9 Å². The van der Waals surface area contributed by atoms with E-state index in [1.807, 2.05) is 45.0 Å². The molecule has 4 rings (SSSR count). The largest absolute Gasteiger partial charge is 0.497 e. The molecular weight excluding hydrogens is 649 g/mol. The molecule has 1 heterocycles. The molecule has 10 nitrogen and oxygen atoms in total. The zero-order chi connectivity index (χ0) is 35.6. The van der Waals surface area contributed by atoms with Crippen LogP contribution < -0.4 is 9.47 Å². The Labute approximate surface area is 289 Å². The van der Waals surface area contributed by atoms with Gasteiger partial charge < -0.3 is 23.8 Å². The highest BCUT2D eigenvalue weighted by Crippen LogP contribution is 2.27. The molecule has 0 aliphatic carbocycles. The normalized spacial score (nSPS) is 20.1. The van der Waals surface area contributed by atoms with E-state index in [9.17, 15) is 22.9 Å². The molecule has 0 radical (unpaired) electrons. The van der Waals surface area contributed by atoms with Crippen molar-refractivity contribution in [3.05, 3.63) is 89.2 Å². The average molecular weight is 696 g/mol. The Hall–Kier alpha value is -4.02. The summed E-state index contributed by atoms with van der Waals surface area (Å²) in [6.07, 6.45) is 1.44. The van der Waals surface area contributed by atoms with Crippen LogP contribution in [0.4, 0.5) is 4.39 Å². The Bertz CT molecular complexity index is 1680. The predicted molar refractivity (Wildman–Crippen MR) is 183 cm³/mol. The number of rotatable bonds is 10. The molecule has 1 aliphatic heterocycles. The van der Waals surface area contributed by atoms with Crippen LogP contribution in [0, 0.1) is 23.1 Å². The number of fused-ring (bicyclic) bond motifs is 1. The molecule has 1 aliphatic rings. The quantitative estimate of drug-likeness (QED) is 0.252. The van der Waals surface area contributed by atoms with E-state index in [2.05, 4.69) is 6.07 Å². The Kier molecular flexibility index (Phi) is 13.6. The number of carbonyl (C=O) groups is 1. The van der Waals surface area contributed by atoms with Gasteiger partial charge in [0.25, 0.3) is 5.91 Å². The van der Waals surface area contributed by atoms with Crippen molar-refractivity contribution in [3.8, 4) is 17.6 Å². The van der Waals surface area contributed by atoms with Gasteiger partial charge in [-0.15, -0.1) is 0 Å². The summed E-state index contributed by atoms with van der Waals surface area (Å²) in [6, 6.07) is 18.8. The minimum atomic E-state index is -3.95. The number of halogens is 1. The molecule has 0 bridgehead atoms. The molecule has 264 valence electrons. The first-order chi connectivity index (χ1) is 23.4. The maximum atomic E-state index is 14.5. The lowest BCUT2D eigenvalue weighted by molar-refractivity contribution is -0.0121. The SMILES string of the molecule is COc1ccc(COC[C@H](C)N2C[C@@H](C)[C@H](CN(C)S(=O)(=O)c3ccc(F)cc3)OCCCC[C@H](C)Oc3ccc(C#N)cc3C2=O)cc1. The second kappa shape index (κ2) is 17.6. The van der Waals surface area contributed by atoms with Crippen LogP contribution in [0.2, 0.25) is 0 Å². The number of hydrogen-bond donors (Lipinski definition) is 0. The highest BCUT2D eigenvalue weighted by molar-refractivity contribution is 7.89. The Balaban J connectivity index is 1.63. The third-order valence-electron chi connectivity index (χ3n) is 8.66. The summed E-state index contributed by atoms with van der Waals surface area (Å²) in [5.41, 5.74) is 1.54. The van der Waals surface area contributed by atoms with Crippen LogP contribution in [0.1, 0.15) is 61.5 Å². The van der Waals surface area contributed by atoms with Crippen LogP contribution in [0.15, 0.2) is 71.6 Å². The smallest absolute Gasteiger partial charge is 0.257 e. The molecule has 0 spiro atoms. The standard InChI is InChI=1S/C37H46FN3O7S/c1-26-22-41(27(2)24-46-25-29-9-14-32(45-5)15-10-29)37(42)34-20-30(21-39)11-18-35(34)48-28(3)8-6-7-19-47-36(26)23-40(4)49(43,44)33-16-12-31(38)13-17-33/h9-18,20,26-28,36H,6-8,19,22-25H2,1-5H3/t26-,27+,28+,36+/m1/s1. The number of nitriles is 1. The third-order valence-corrected chi connectivity index (χ3v) is 10.5. The molecule has 1 amide bonds. The number of likely N-dealkylation sites (N-methyl/N-ethyl adjacent to an activating group) is 1. The number of benzene rings is 3. The lowest BCUT2D eigenvalue weighted by Crippen LogP contribution is -2.48. The van der Waals surface area contributed by atoms with Gasteiger partial charge in [-0.1, -0.05) is 19.1 Å². The van der Waals surface area contributed by atoms with Crippen molar-refractivity contribution in [2.75, 3.05) is 40.5 Å². The van der Waals surface area contributed by atoms with Gasteiger partial charge in [-0.25, -0.2) is 12.8 Å². The monoisotopic (exact) mass is 695 g/mol. The summed E-state index contributed by atoms with van der Waals surface area (Å²) in [7, 11) is -0.873. The molecule has 0 unspecified atom stereocenters. The van der Waals surface area contributed by atoms with Crippen molar-refractivity contribution in [3.63, 3.8) is 0 Å². The molecule has 0 fully saturated rings. The van der Waals surface area contributed by atoms with Gasteiger partial charge in [-0.3, -0.25) is 4.79 Å². The van der Waals surface area contributed by atoms with Gasteiger partial charge in [0, 0.05) is 32.7 Å². The molecule has 49 heavy (non-hydrogen) atoms. The topological polar surface area (TPSA) is 118 Å². The number of nitrogens with zero attached hydrogens (tertiary/aromatic N) is 3. The lowest BCUT2D eigenvalue weighted by atomic mass is 10.0. The molecule has 3 aromatic carbocycles. The summed E-state index contributed by atoms with van der Waals surface area (Å²) in [4.78, 5) is 16.1. The first kappa shape index (κ1) is 37.8.